The zero-order valence-corrected chi connectivity index (χ0v) is 7.96. The van der Waals surface area contributed by atoms with Crippen LogP contribution >= 0.6 is 0 Å². The van der Waals surface area contributed by atoms with Crippen molar-refractivity contribution in [3.63, 3.8) is 0 Å². The summed E-state index contributed by atoms with van der Waals surface area (Å²) in [7, 11) is 0. The SMILES string of the molecule is Cc1ccc2[nH]c(C)c(C(=O)O)c2n1. The Morgan fingerprint density at radius 3 is 2.79 bits per heavy atom. The van der Waals surface area contributed by atoms with E-state index in [2.05, 4.69) is 9.97 Å². The molecule has 0 aliphatic carbocycles. The van der Waals surface area contributed by atoms with Crippen LogP contribution in [0.5, 0.6) is 0 Å². The smallest absolute Gasteiger partial charge is 0.339 e. The third-order valence-corrected chi connectivity index (χ3v) is 2.18. The summed E-state index contributed by atoms with van der Waals surface area (Å²) in [6.07, 6.45) is 0. The Kier molecular flexibility index (Phi) is 1.77. The molecule has 0 fully saturated rings. The molecule has 0 amide bonds. The highest BCUT2D eigenvalue weighted by Crippen LogP contribution is 2.20. The van der Waals surface area contributed by atoms with E-state index in [-0.39, 0.29) is 5.56 Å². The van der Waals surface area contributed by atoms with Gasteiger partial charge < -0.3 is 10.1 Å². The molecule has 4 nitrogen and oxygen atoms in total. The van der Waals surface area contributed by atoms with Gasteiger partial charge >= 0.3 is 5.97 Å². The number of aromatic carboxylic acids is 1. The summed E-state index contributed by atoms with van der Waals surface area (Å²) in [4.78, 5) is 18.1. The molecule has 2 aromatic heterocycles. The van der Waals surface area contributed by atoms with Crippen molar-refractivity contribution < 1.29 is 9.90 Å². The largest absolute Gasteiger partial charge is 0.478 e. The van der Waals surface area contributed by atoms with E-state index in [0.29, 0.717) is 11.2 Å². The van der Waals surface area contributed by atoms with Gasteiger partial charge in [-0.05, 0) is 26.0 Å². The molecule has 14 heavy (non-hydrogen) atoms. The number of hydrogen-bond acceptors (Lipinski definition) is 2. The summed E-state index contributed by atoms with van der Waals surface area (Å²) < 4.78 is 0. The van der Waals surface area contributed by atoms with Gasteiger partial charge in [-0.1, -0.05) is 0 Å². The van der Waals surface area contributed by atoms with Gasteiger partial charge in [0.15, 0.2) is 0 Å². The summed E-state index contributed by atoms with van der Waals surface area (Å²) in [6, 6.07) is 3.70. The molecule has 0 aliphatic heterocycles. The highest BCUT2D eigenvalue weighted by molar-refractivity contribution is 6.02. The van der Waals surface area contributed by atoms with Crippen LogP contribution in [-0.4, -0.2) is 21.0 Å². The van der Waals surface area contributed by atoms with E-state index < -0.39 is 5.97 Å². The first kappa shape index (κ1) is 8.74. The number of pyridine rings is 1. The number of carboxylic acids is 1. The summed E-state index contributed by atoms with van der Waals surface area (Å²) in [6.45, 7) is 3.58. The van der Waals surface area contributed by atoms with Crippen LogP contribution in [0.25, 0.3) is 11.0 Å². The summed E-state index contributed by atoms with van der Waals surface area (Å²) in [5.74, 6) is -0.938. The van der Waals surface area contributed by atoms with Crippen molar-refractivity contribution in [1.82, 2.24) is 9.97 Å². The maximum absolute atomic E-state index is 10.9. The lowest BCUT2D eigenvalue weighted by Gasteiger charge is -1.94. The molecule has 2 aromatic rings. The summed E-state index contributed by atoms with van der Waals surface area (Å²) in [5.41, 5.74) is 3.04. The Morgan fingerprint density at radius 1 is 1.43 bits per heavy atom. The first-order chi connectivity index (χ1) is 6.59. The maximum atomic E-state index is 10.9. The third kappa shape index (κ3) is 1.16. The lowest BCUT2D eigenvalue weighted by Crippen LogP contribution is -1.98. The Bertz CT molecular complexity index is 514. The van der Waals surface area contributed by atoms with Crippen LogP contribution in [0.4, 0.5) is 0 Å². The van der Waals surface area contributed by atoms with Gasteiger partial charge in [0.25, 0.3) is 0 Å². The molecule has 0 radical (unpaired) electrons. The van der Waals surface area contributed by atoms with Crippen molar-refractivity contribution in [2.45, 2.75) is 13.8 Å². The minimum atomic E-state index is -0.938. The second-order valence-corrected chi connectivity index (χ2v) is 3.28. The van der Waals surface area contributed by atoms with E-state index in [1.165, 1.54) is 0 Å². The van der Waals surface area contributed by atoms with Gasteiger partial charge in [-0.25, -0.2) is 4.79 Å². The number of fused-ring (bicyclic) bond motifs is 1. The maximum Gasteiger partial charge on any atom is 0.339 e. The molecule has 0 aliphatic rings. The molecule has 0 saturated heterocycles. The summed E-state index contributed by atoms with van der Waals surface area (Å²) in [5, 5.41) is 8.98. The van der Waals surface area contributed by atoms with Crippen molar-refractivity contribution in [1.29, 1.82) is 0 Å². The predicted octanol–water partition coefficient (Wildman–Crippen LogP) is 1.88. The lowest BCUT2D eigenvalue weighted by atomic mass is 10.2. The fourth-order valence-corrected chi connectivity index (χ4v) is 1.55. The minimum Gasteiger partial charge on any atom is -0.478 e. The molecule has 0 bridgehead atoms. The number of aromatic nitrogens is 2. The molecule has 0 atom stereocenters. The molecule has 2 rings (SSSR count). The van der Waals surface area contributed by atoms with E-state index in [1.807, 2.05) is 19.1 Å². The van der Waals surface area contributed by atoms with E-state index in [4.69, 9.17) is 5.11 Å². The van der Waals surface area contributed by atoms with E-state index >= 15 is 0 Å². The van der Waals surface area contributed by atoms with Crippen LogP contribution in [0.2, 0.25) is 0 Å². The number of carboxylic acid groups (broad SMARTS) is 1. The van der Waals surface area contributed by atoms with Gasteiger partial charge in [-0.2, -0.15) is 0 Å². The number of rotatable bonds is 1. The van der Waals surface area contributed by atoms with Crippen molar-refractivity contribution in [3.8, 4) is 0 Å². The average molecular weight is 190 g/mol. The molecular weight excluding hydrogens is 180 g/mol. The van der Waals surface area contributed by atoms with Gasteiger partial charge in [-0.3, -0.25) is 4.98 Å². The normalized spacial score (nSPS) is 10.7. The molecular formula is C10H10N2O2. The van der Waals surface area contributed by atoms with E-state index in [9.17, 15) is 4.79 Å². The highest BCUT2D eigenvalue weighted by Gasteiger charge is 2.15. The number of aryl methyl sites for hydroxylation is 2. The Labute approximate surface area is 80.6 Å². The molecule has 2 heterocycles. The second-order valence-electron chi connectivity index (χ2n) is 3.28. The first-order valence-corrected chi connectivity index (χ1v) is 4.29. The van der Waals surface area contributed by atoms with Crippen molar-refractivity contribution in [2.24, 2.45) is 0 Å². The van der Waals surface area contributed by atoms with E-state index in [1.54, 1.807) is 6.92 Å². The van der Waals surface area contributed by atoms with Crippen LogP contribution < -0.4 is 0 Å². The number of H-pyrrole nitrogens is 1. The fourth-order valence-electron chi connectivity index (χ4n) is 1.55. The van der Waals surface area contributed by atoms with Crippen LogP contribution in [0.15, 0.2) is 12.1 Å². The molecule has 0 unspecified atom stereocenters. The zero-order valence-electron chi connectivity index (χ0n) is 7.96. The first-order valence-electron chi connectivity index (χ1n) is 4.29. The Morgan fingerprint density at radius 2 is 2.14 bits per heavy atom. The van der Waals surface area contributed by atoms with Crippen LogP contribution in [0.3, 0.4) is 0 Å². The molecule has 0 spiro atoms. The monoisotopic (exact) mass is 190 g/mol. The quantitative estimate of drug-likeness (QED) is 0.721. The lowest BCUT2D eigenvalue weighted by molar-refractivity contribution is 0.0698. The summed E-state index contributed by atoms with van der Waals surface area (Å²) >= 11 is 0. The van der Waals surface area contributed by atoms with Gasteiger partial charge in [-0.15, -0.1) is 0 Å². The number of aromatic amines is 1. The van der Waals surface area contributed by atoms with Crippen molar-refractivity contribution in [3.05, 3.63) is 29.1 Å². The van der Waals surface area contributed by atoms with Crippen LogP contribution in [0, 0.1) is 13.8 Å². The Hall–Kier alpha value is -1.84. The van der Waals surface area contributed by atoms with Crippen molar-refractivity contribution >= 4 is 17.0 Å². The zero-order chi connectivity index (χ0) is 10.3. The number of nitrogens with zero attached hydrogens (tertiary/aromatic N) is 1. The molecule has 4 heteroatoms. The standard InChI is InChI=1S/C10H10N2O2/c1-5-3-4-7-9(11-5)8(10(13)14)6(2)12-7/h3-4,12H,1-2H3,(H,13,14). The molecule has 0 aromatic carbocycles. The highest BCUT2D eigenvalue weighted by atomic mass is 16.4. The van der Waals surface area contributed by atoms with Gasteiger partial charge in [0.1, 0.15) is 11.1 Å². The van der Waals surface area contributed by atoms with Crippen LogP contribution in [0.1, 0.15) is 21.7 Å². The van der Waals surface area contributed by atoms with Gasteiger partial charge in [0.05, 0.1) is 5.52 Å². The fraction of sp³-hybridized carbons (Fsp3) is 0.200. The van der Waals surface area contributed by atoms with Crippen molar-refractivity contribution in [2.75, 3.05) is 0 Å². The van der Waals surface area contributed by atoms with Gasteiger partial charge in [0.2, 0.25) is 0 Å². The van der Waals surface area contributed by atoms with E-state index in [0.717, 1.165) is 11.2 Å². The predicted molar refractivity (Wildman–Crippen MR) is 52.5 cm³/mol. The number of nitrogens with one attached hydrogen (secondary N) is 1. The second kappa shape index (κ2) is 2.83. The number of carbonyl (C=O) groups is 1. The molecule has 0 saturated carbocycles. The average Bonchev–Trinajstić information content (AvgIpc) is 2.40. The number of hydrogen-bond donors (Lipinski definition) is 2. The van der Waals surface area contributed by atoms with Crippen LogP contribution in [-0.2, 0) is 0 Å². The molecule has 2 N–H and O–H groups in total. The molecule has 72 valence electrons. The minimum absolute atomic E-state index is 0.267. The topological polar surface area (TPSA) is 66.0 Å². The Balaban J connectivity index is 2.86. The third-order valence-electron chi connectivity index (χ3n) is 2.18. The van der Waals surface area contributed by atoms with Gasteiger partial charge in [0, 0.05) is 11.4 Å².